The highest BCUT2D eigenvalue weighted by Crippen LogP contribution is 2.25. The minimum absolute atomic E-state index is 0.538. The van der Waals surface area contributed by atoms with Crippen LogP contribution in [0.4, 0.5) is 27.8 Å². The lowest BCUT2D eigenvalue weighted by atomic mass is 10.2. The lowest BCUT2D eigenvalue weighted by molar-refractivity contribution is 0.0185. The number of anilines is 4. The number of para-hydroxylation sites is 2. The molecule has 0 aliphatic heterocycles. The van der Waals surface area contributed by atoms with E-state index in [1.807, 2.05) is 60.7 Å². The Morgan fingerprint density at radius 1 is 0.765 bits per heavy atom. The summed E-state index contributed by atoms with van der Waals surface area (Å²) < 4.78 is 10.9. The Labute approximate surface area is 196 Å². The minimum Gasteiger partial charge on any atom is -0.420 e. The molecular formula is C25H24N6O3. The standard InChI is InChI=1S/C25H24N6O3/c1-3-21(19-15-23(30-28-19)26-17-11-7-5-8-12-17)33-25(32)34-22(4-2)20-16-24(31-29-20)27-18-13-9-6-10-14-18/h3-16,21-22H,1-2H2,(H2,26,28,30)(H2,27,29,31). The van der Waals surface area contributed by atoms with Crippen molar-refractivity contribution in [2.75, 3.05) is 10.6 Å². The Morgan fingerprint density at radius 2 is 1.18 bits per heavy atom. The van der Waals surface area contributed by atoms with Gasteiger partial charge >= 0.3 is 6.16 Å². The molecular weight excluding hydrogens is 432 g/mol. The third-order valence-electron chi connectivity index (χ3n) is 4.78. The Hall–Kier alpha value is -4.79. The summed E-state index contributed by atoms with van der Waals surface area (Å²) in [6.07, 6.45) is 0.487. The topological polar surface area (TPSA) is 117 Å². The normalized spacial score (nSPS) is 12.2. The van der Waals surface area contributed by atoms with E-state index in [1.54, 1.807) is 12.1 Å². The van der Waals surface area contributed by atoms with Crippen molar-refractivity contribution in [3.8, 4) is 0 Å². The molecule has 4 aromatic rings. The lowest BCUT2D eigenvalue weighted by Gasteiger charge is -2.15. The van der Waals surface area contributed by atoms with Crippen LogP contribution in [0.15, 0.2) is 98.1 Å². The summed E-state index contributed by atoms with van der Waals surface area (Å²) in [5.41, 5.74) is 2.84. The largest absolute Gasteiger partial charge is 0.510 e. The van der Waals surface area contributed by atoms with Crippen LogP contribution in [0.1, 0.15) is 23.6 Å². The predicted molar refractivity (Wildman–Crippen MR) is 130 cm³/mol. The van der Waals surface area contributed by atoms with E-state index in [1.165, 1.54) is 12.2 Å². The second-order valence-electron chi connectivity index (χ2n) is 7.20. The maximum absolute atomic E-state index is 12.5. The molecule has 2 atom stereocenters. The first kappa shape index (κ1) is 22.4. The van der Waals surface area contributed by atoms with Crippen molar-refractivity contribution in [3.63, 3.8) is 0 Å². The van der Waals surface area contributed by atoms with Gasteiger partial charge in [0.1, 0.15) is 0 Å². The van der Waals surface area contributed by atoms with Crippen molar-refractivity contribution in [1.29, 1.82) is 0 Å². The zero-order valence-electron chi connectivity index (χ0n) is 18.3. The summed E-state index contributed by atoms with van der Waals surface area (Å²) in [7, 11) is 0. The Balaban J connectivity index is 1.36. The molecule has 9 nitrogen and oxygen atoms in total. The fourth-order valence-corrected chi connectivity index (χ4v) is 3.14. The number of nitrogens with one attached hydrogen (secondary N) is 4. The molecule has 2 aromatic heterocycles. The molecule has 4 N–H and O–H groups in total. The lowest BCUT2D eigenvalue weighted by Crippen LogP contribution is -2.14. The van der Waals surface area contributed by atoms with Crippen molar-refractivity contribution in [3.05, 3.63) is 109 Å². The van der Waals surface area contributed by atoms with Crippen LogP contribution >= 0.6 is 0 Å². The van der Waals surface area contributed by atoms with E-state index in [4.69, 9.17) is 9.47 Å². The molecule has 2 heterocycles. The summed E-state index contributed by atoms with van der Waals surface area (Å²) in [5, 5.41) is 20.4. The molecule has 2 aromatic carbocycles. The highest BCUT2D eigenvalue weighted by Gasteiger charge is 2.22. The van der Waals surface area contributed by atoms with E-state index in [9.17, 15) is 4.79 Å². The first-order chi connectivity index (χ1) is 16.6. The van der Waals surface area contributed by atoms with E-state index in [2.05, 4.69) is 44.2 Å². The average Bonchev–Trinajstić information content (AvgIpc) is 3.52. The van der Waals surface area contributed by atoms with Crippen molar-refractivity contribution >= 4 is 29.2 Å². The number of ether oxygens (including phenoxy) is 2. The monoisotopic (exact) mass is 456 g/mol. The second-order valence-corrected chi connectivity index (χ2v) is 7.20. The molecule has 4 rings (SSSR count). The highest BCUT2D eigenvalue weighted by molar-refractivity contribution is 5.62. The van der Waals surface area contributed by atoms with Gasteiger partial charge < -0.3 is 20.1 Å². The van der Waals surface area contributed by atoms with Crippen LogP contribution < -0.4 is 10.6 Å². The van der Waals surface area contributed by atoms with Gasteiger partial charge in [0.2, 0.25) is 0 Å². The van der Waals surface area contributed by atoms with E-state index in [0.29, 0.717) is 23.0 Å². The number of H-pyrrole nitrogens is 2. The first-order valence-corrected chi connectivity index (χ1v) is 10.5. The molecule has 0 saturated carbocycles. The summed E-state index contributed by atoms with van der Waals surface area (Å²) >= 11 is 0. The molecule has 0 spiro atoms. The zero-order chi connectivity index (χ0) is 23.8. The number of carbonyl (C=O) groups is 1. The Morgan fingerprint density at radius 3 is 1.56 bits per heavy atom. The van der Waals surface area contributed by atoms with Gasteiger partial charge in [-0.25, -0.2) is 4.79 Å². The second kappa shape index (κ2) is 10.7. The molecule has 0 radical (unpaired) electrons. The van der Waals surface area contributed by atoms with Gasteiger partial charge in [-0.15, -0.1) is 0 Å². The molecule has 0 aliphatic carbocycles. The van der Waals surface area contributed by atoms with Crippen LogP contribution in [0.3, 0.4) is 0 Å². The van der Waals surface area contributed by atoms with E-state index in [-0.39, 0.29) is 0 Å². The molecule has 0 aliphatic rings. The zero-order valence-corrected chi connectivity index (χ0v) is 18.3. The number of benzene rings is 2. The molecule has 34 heavy (non-hydrogen) atoms. The number of hydrogen-bond donors (Lipinski definition) is 4. The van der Waals surface area contributed by atoms with Gasteiger partial charge in [0.15, 0.2) is 23.8 Å². The average molecular weight is 457 g/mol. The van der Waals surface area contributed by atoms with Crippen molar-refractivity contribution in [2.24, 2.45) is 0 Å². The third kappa shape index (κ3) is 5.71. The maximum atomic E-state index is 12.5. The van der Waals surface area contributed by atoms with Gasteiger partial charge in [0.05, 0.1) is 11.4 Å². The number of carbonyl (C=O) groups excluding carboxylic acids is 1. The summed E-state index contributed by atoms with van der Waals surface area (Å²) in [6.45, 7) is 7.48. The van der Waals surface area contributed by atoms with Gasteiger partial charge in [-0.2, -0.15) is 10.2 Å². The van der Waals surface area contributed by atoms with Crippen LogP contribution in [0.2, 0.25) is 0 Å². The molecule has 9 heteroatoms. The van der Waals surface area contributed by atoms with Crippen LogP contribution in [0.5, 0.6) is 0 Å². The molecule has 0 fully saturated rings. The van der Waals surface area contributed by atoms with Gasteiger partial charge in [0.25, 0.3) is 0 Å². The van der Waals surface area contributed by atoms with Crippen LogP contribution in [-0.2, 0) is 9.47 Å². The fourth-order valence-electron chi connectivity index (χ4n) is 3.14. The number of aromatic amines is 2. The van der Waals surface area contributed by atoms with Gasteiger partial charge in [0, 0.05) is 23.5 Å². The van der Waals surface area contributed by atoms with Crippen LogP contribution in [0.25, 0.3) is 0 Å². The molecule has 2 unspecified atom stereocenters. The molecule has 0 saturated heterocycles. The third-order valence-corrected chi connectivity index (χ3v) is 4.78. The predicted octanol–water partition coefficient (Wildman–Crippen LogP) is 5.93. The molecule has 0 amide bonds. The van der Waals surface area contributed by atoms with E-state index >= 15 is 0 Å². The number of rotatable bonds is 10. The quantitative estimate of drug-likeness (QED) is 0.173. The summed E-state index contributed by atoms with van der Waals surface area (Å²) in [6, 6.07) is 22.6. The maximum Gasteiger partial charge on any atom is 0.510 e. The highest BCUT2D eigenvalue weighted by atomic mass is 16.7. The van der Waals surface area contributed by atoms with Crippen LogP contribution in [0, 0.1) is 0 Å². The van der Waals surface area contributed by atoms with Crippen molar-refractivity contribution in [1.82, 2.24) is 20.4 Å². The Bertz CT molecular complexity index is 1140. The molecule has 0 bridgehead atoms. The number of aromatic nitrogens is 4. The number of hydrogen-bond acceptors (Lipinski definition) is 7. The van der Waals surface area contributed by atoms with Gasteiger partial charge in [-0.05, 0) is 36.4 Å². The van der Waals surface area contributed by atoms with Crippen LogP contribution in [-0.4, -0.2) is 26.6 Å². The first-order valence-electron chi connectivity index (χ1n) is 10.5. The van der Waals surface area contributed by atoms with Gasteiger partial charge in [-0.3, -0.25) is 10.2 Å². The minimum atomic E-state index is -0.894. The van der Waals surface area contributed by atoms with Crippen molar-refractivity contribution in [2.45, 2.75) is 12.2 Å². The summed E-state index contributed by atoms with van der Waals surface area (Å²) in [4.78, 5) is 12.5. The molecule has 172 valence electrons. The number of nitrogens with zero attached hydrogens (tertiary/aromatic N) is 2. The van der Waals surface area contributed by atoms with E-state index in [0.717, 1.165) is 11.4 Å². The van der Waals surface area contributed by atoms with Gasteiger partial charge in [-0.1, -0.05) is 49.6 Å². The smallest absolute Gasteiger partial charge is 0.420 e. The van der Waals surface area contributed by atoms with E-state index < -0.39 is 18.4 Å². The Kier molecular flexibility index (Phi) is 7.04. The fraction of sp³-hybridized carbons (Fsp3) is 0.0800. The SMILES string of the molecule is C=CC(OC(=O)OC(C=C)c1cc(Nc2ccccc2)n[nH]1)c1cc(Nc2ccccc2)n[nH]1. The van der Waals surface area contributed by atoms with Crippen molar-refractivity contribution < 1.29 is 14.3 Å². The summed E-state index contributed by atoms with van der Waals surface area (Å²) in [5.74, 6) is 1.15.